The molecule has 1 N–H and O–H groups in total. The van der Waals surface area contributed by atoms with Gasteiger partial charge in [-0.2, -0.15) is 0 Å². The summed E-state index contributed by atoms with van der Waals surface area (Å²) >= 11 is 0. The number of hydrogen-bond donors (Lipinski definition) is 1. The van der Waals surface area contributed by atoms with E-state index in [1.807, 2.05) is 11.9 Å². The van der Waals surface area contributed by atoms with Crippen molar-refractivity contribution in [2.24, 2.45) is 5.92 Å². The van der Waals surface area contributed by atoms with Crippen LogP contribution in [0.25, 0.3) is 0 Å². The van der Waals surface area contributed by atoms with Crippen LogP contribution < -0.4 is 5.32 Å². The number of nitrogens with zero attached hydrogens (tertiary/aromatic N) is 1. The Kier molecular flexibility index (Phi) is 2.72. The number of likely N-dealkylation sites (tertiary alicyclic amines) is 1. The first kappa shape index (κ1) is 9.08. The Bertz CT molecular complexity index is 219. The van der Waals surface area contributed by atoms with Gasteiger partial charge in [-0.05, 0) is 13.0 Å². The van der Waals surface area contributed by atoms with Gasteiger partial charge in [-0.25, -0.2) is 0 Å². The van der Waals surface area contributed by atoms with Crippen LogP contribution in [0.5, 0.6) is 0 Å². The second-order valence-corrected chi connectivity index (χ2v) is 3.19. The van der Waals surface area contributed by atoms with Crippen molar-refractivity contribution in [1.29, 1.82) is 0 Å². The van der Waals surface area contributed by atoms with Crippen molar-refractivity contribution in [2.75, 3.05) is 13.6 Å². The number of terminal acetylenes is 1. The lowest BCUT2D eigenvalue weighted by molar-refractivity contribution is -0.133. The highest BCUT2D eigenvalue weighted by atomic mass is 16.2. The van der Waals surface area contributed by atoms with Gasteiger partial charge in [0.1, 0.15) is 0 Å². The van der Waals surface area contributed by atoms with Gasteiger partial charge in [0.25, 0.3) is 0 Å². The fourth-order valence-corrected chi connectivity index (χ4v) is 1.72. The predicted octanol–water partition coefficient (Wildman–Crippen LogP) is 0.0335. The van der Waals surface area contributed by atoms with Crippen molar-refractivity contribution < 1.29 is 4.79 Å². The largest absolute Gasteiger partial charge is 0.294 e. The number of amides is 1. The maximum Gasteiger partial charge on any atom is 0.249 e. The number of likely N-dealkylation sites (N-methyl/N-ethyl adjacent to an activating group) is 1. The van der Waals surface area contributed by atoms with E-state index < -0.39 is 0 Å². The molecule has 1 amide bonds. The van der Waals surface area contributed by atoms with Crippen LogP contribution in [0.4, 0.5) is 0 Å². The zero-order valence-corrected chi connectivity index (χ0v) is 7.50. The molecule has 1 heterocycles. The fourth-order valence-electron chi connectivity index (χ4n) is 1.72. The van der Waals surface area contributed by atoms with Crippen molar-refractivity contribution in [3.8, 4) is 12.5 Å². The minimum Gasteiger partial charge on any atom is -0.294 e. The second kappa shape index (κ2) is 3.59. The SMILES string of the molecule is C#CNC(=O)C1C(CC)CN1C. The summed E-state index contributed by atoms with van der Waals surface area (Å²) in [4.78, 5) is 13.3. The first-order chi connectivity index (χ1) is 5.70. The van der Waals surface area contributed by atoms with Gasteiger partial charge in [0.2, 0.25) is 5.91 Å². The molecule has 0 spiro atoms. The topological polar surface area (TPSA) is 32.3 Å². The summed E-state index contributed by atoms with van der Waals surface area (Å²) < 4.78 is 0. The molecule has 0 aromatic carbocycles. The third kappa shape index (κ3) is 1.44. The minimum atomic E-state index is -0.0434. The molecular formula is C9H14N2O. The van der Waals surface area contributed by atoms with E-state index in [4.69, 9.17) is 6.42 Å². The molecule has 2 unspecified atom stereocenters. The minimum absolute atomic E-state index is 0.00829. The molecule has 0 aliphatic carbocycles. The third-order valence-electron chi connectivity index (χ3n) is 2.43. The van der Waals surface area contributed by atoms with E-state index in [1.54, 1.807) is 0 Å². The molecule has 0 bridgehead atoms. The van der Waals surface area contributed by atoms with Gasteiger partial charge in [-0.1, -0.05) is 19.8 Å². The molecule has 3 nitrogen and oxygen atoms in total. The Morgan fingerprint density at radius 3 is 2.92 bits per heavy atom. The molecule has 0 radical (unpaired) electrons. The molecule has 1 fully saturated rings. The van der Waals surface area contributed by atoms with Gasteiger partial charge in [-0.3, -0.25) is 15.0 Å². The first-order valence-electron chi connectivity index (χ1n) is 4.16. The number of carbonyl (C=O) groups is 1. The average molecular weight is 166 g/mol. The van der Waals surface area contributed by atoms with E-state index in [9.17, 15) is 4.79 Å². The van der Waals surface area contributed by atoms with Crippen LogP contribution in [0.1, 0.15) is 13.3 Å². The standard InChI is InChI=1S/C9H14N2O/c1-4-7-6-11(3)8(7)9(12)10-5-2/h2,7-8H,4,6H2,1,3H3,(H,10,12). The third-order valence-corrected chi connectivity index (χ3v) is 2.43. The number of carbonyl (C=O) groups excluding carboxylic acids is 1. The molecule has 12 heavy (non-hydrogen) atoms. The summed E-state index contributed by atoms with van der Waals surface area (Å²) in [6, 6.07) is 2.15. The van der Waals surface area contributed by atoms with Crippen molar-refractivity contribution in [1.82, 2.24) is 10.2 Å². The molecule has 0 aromatic rings. The number of hydrogen-bond acceptors (Lipinski definition) is 2. The second-order valence-electron chi connectivity index (χ2n) is 3.19. The molecule has 3 heteroatoms. The number of nitrogens with one attached hydrogen (secondary N) is 1. The zero-order chi connectivity index (χ0) is 9.14. The summed E-state index contributed by atoms with van der Waals surface area (Å²) in [6.07, 6.45) is 6.01. The molecule has 1 rings (SSSR count). The molecule has 1 aliphatic heterocycles. The summed E-state index contributed by atoms with van der Waals surface area (Å²) in [7, 11) is 1.94. The Labute approximate surface area is 73.1 Å². The first-order valence-corrected chi connectivity index (χ1v) is 4.16. The van der Waals surface area contributed by atoms with E-state index in [1.165, 1.54) is 0 Å². The van der Waals surface area contributed by atoms with Crippen molar-refractivity contribution >= 4 is 5.91 Å². The summed E-state index contributed by atoms with van der Waals surface area (Å²) in [6.45, 7) is 3.09. The van der Waals surface area contributed by atoms with Crippen molar-refractivity contribution in [3.63, 3.8) is 0 Å². The zero-order valence-electron chi connectivity index (χ0n) is 7.50. The molecule has 0 aromatic heterocycles. The Morgan fingerprint density at radius 2 is 2.50 bits per heavy atom. The smallest absolute Gasteiger partial charge is 0.249 e. The molecule has 1 saturated heterocycles. The average Bonchev–Trinajstić information content (AvgIpc) is 2.00. The quantitative estimate of drug-likeness (QED) is 0.464. The molecule has 0 saturated carbocycles. The van der Waals surface area contributed by atoms with E-state index in [2.05, 4.69) is 18.3 Å². The van der Waals surface area contributed by atoms with Crippen molar-refractivity contribution in [3.05, 3.63) is 0 Å². The summed E-state index contributed by atoms with van der Waals surface area (Å²) in [5.41, 5.74) is 0. The van der Waals surface area contributed by atoms with Crippen LogP contribution in [0.2, 0.25) is 0 Å². The van der Waals surface area contributed by atoms with Crippen LogP contribution in [-0.2, 0) is 4.79 Å². The number of rotatable bonds is 2. The highest BCUT2D eigenvalue weighted by molar-refractivity contribution is 5.84. The molecule has 2 atom stereocenters. The van der Waals surface area contributed by atoms with Crippen LogP contribution >= 0.6 is 0 Å². The van der Waals surface area contributed by atoms with Gasteiger partial charge in [-0.15, -0.1) is 0 Å². The molecule has 66 valence electrons. The monoisotopic (exact) mass is 166 g/mol. The summed E-state index contributed by atoms with van der Waals surface area (Å²) in [5, 5.41) is 2.39. The van der Waals surface area contributed by atoms with Gasteiger partial charge < -0.3 is 0 Å². The van der Waals surface area contributed by atoms with Crippen LogP contribution in [0, 0.1) is 18.4 Å². The highest BCUT2D eigenvalue weighted by Gasteiger charge is 2.39. The predicted molar refractivity (Wildman–Crippen MR) is 47.2 cm³/mol. The van der Waals surface area contributed by atoms with E-state index in [-0.39, 0.29) is 11.9 Å². The Balaban J connectivity index is 2.50. The Hall–Kier alpha value is -1.01. The van der Waals surface area contributed by atoms with Gasteiger partial charge in [0.05, 0.1) is 6.04 Å². The van der Waals surface area contributed by atoms with Crippen LogP contribution in [0.15, 0.2) is 0 Å². The van der Waals surface area contributed by atoms with E-state index in [0.29, 0.717) is 5.92 Å². The lowest BCUT2D eigenvalue weighted by Crippen LogP contribution is -2.60. The summed E-state index contributed by atoms with van der Waals surface area (Å²) in [5.74, 6) is 0.432. The van der Waals surface area contributed by atoms with Crippen LogP contribution in [0.3, 0.4) is 0 Å². The Morgan fingerprint density at radius 1 is 1.83 bits per heavy atom. The van der Waals surface area contributed by atoms with Crippen molar-refractivity contribution in [2.45, 2.75) is 19.4 Å². The highest BCUT2D eigenvalue weighted by Crippen LogP contribution is 2.25. The van der Waals surface area contributed by atoms with Crippen LogP contribution in [-0.4, -0.2) is 30.4 Å². The van der Waals surface area contributed by atoms with Gasteiger partial charge in [0.15, 0.2) is 0 Å². The lowest BCUT2D eigenvalue weighted by Gasteiger charge is -2.44. The van der Waals surface area contributed by atoms with E-state index >= 15 is 0 Å². The lowest BCUT2D eigenvalue weighted by atomic mass is 9.86. The fraction of sp³-hybridized carbons (Fsp3) is 0.667. The molecule has 1 aliphatic rings. The maximum absolute atomic E-state index is 11.3. The molecular weight excluding hydrogens is 152 g/mol. The van der Waals surface area contributed by atoms with E-state index in [0.717, 1.165) is 13.0 Å². The van der Waals surface area contributed by atoms with Gasteiger partial charge >= 0.3 is 0 Å². The maximum atomic E-state index is 11.3. The normalized spacial score (nSPS) is 28.8. The van der Waals surface area contributed by atoms with Gasteiger partial charge in [0, 0.05) is 12.6 Å².